The standard InChI is InChI=1S/C18H23NO4/c1-22-15-7-3-13(4-8-15)17(19-11-12-20)18(21)14-5-9-16(23-2)10-6-14/h3-10,17-21H,11-12H2,1-2H3/t17-,18+/m0/s1. The van der Waals surface area contributed by atoms with E-state index < -0.39 is 6.10 Å². The Morgan fingerprint density at radius 1 is 0.870 bits per heavy atom. The van der Waals surface area contributed by atoms with E-state index in [2.05, 4.69) is 5.32 Å². The Morgan fingerprint density at radius 3 is 1.78 bits per heavy atom. The molecule has 124 valence electrons. The molecule has 0 heterocycles. The van der Waals surface area contributed by atoms with Gasteiger partial charge in [-0.1, -0.05) is 24.3 Å². The van der Waals surface area contributed by atoms with Crippen LogP contribution in [0.4, 0.5) is 0 Å². The van der Waals surface area contributed by atoms with Gasteiger partial charge in [-0.3, -0.25) is 0 Å². The van der Waals surface area contributed by atoms with Gasteiger partial charge < -0.3 is 25.0 Å². The summed E-state index contributed by atoms with van der Waals surface area (Å²) < 4.78 is 10.3. The molecule has 0 aliphatic heterocycles. The van der Waals surface area contributed by atoms with Gasteiger partial charge in [0.1, 0.15) is 11.5 Å². The lowest BCUT2D eigenvalue weighted by molar-refractivity contribution is 0.124. The first-order chi connectivity index (χ1) is 11.2. The number of aliphatic hydroxyl groups is 2. The Hall–Kier alpha value is -2.08. The fourth-order valence-electron chi connectivity index (χ4n) is 2.44. The van der Waals surface area contributed by atoms with E-state index in [0.29, 0.717) is 6.54 Å². The summed E-state index contributed by atoms with van der Waals surface area (Å²) in [5.74, 6) is 1.50. The molecule has 0 radical (unpaired) electrons. The minimum absolute atomic E-state index is 0.00197. The molecular weight excluding hydrogens is 294 g/mol. The van der Waals surface area contributed by atoms with Crippen molar-refractivity contribution in [3.63, 3.8) is 0 Å². The highest BCUT2D eigenvalue weighted by Gasteiger charge is 2.22. The minimum atomic E-state index is -0.749. The Labute approximate surface area is 136 Å². The van der Waals surface area contributed by atoms with Gasteiger partial charge in [0, 0.05) is 6.54 Å². The average Bonchev–Trinajstić information content (AvgIpc) is 2.62. The third-order valence-corrected chi connectivity index (χ3v) is 3.72. The number of hydrogen-bond acceptors (Lipinski definition) is 5. The van der Waals surface area contributed by atoms with Crippen molar-refractivity contribution in [1.29, 1.82) is 0 Å². The monoisotopic (exact) mass is 317 g/mol. The largest absolute Gasteiger partial charge is 0.497 e. The van der Waals surface area contributed by atoms with Crippen LogP contribution in [0.5, 0.6) is 11.5 Å². The highest BCUT2D eigenvalue weighted by atomic mass is 16.5. The fraction of sp³-hybridized carbons (Fsp3) is 0.333. The minimum Gasteiger partial charge on any atom is -0.497 e. The van der Waals surface area contributed by atoms with E-state index in [4.69, 9.17) is 14.6 Å². The maximum absolute atomic E-state index is 10.7. The molecule has 0 saturated carbocycles. The molecule has 2 aromatic rings. The van der Waals surface area contributed by atoms with E-state index in [9.17, 15) is 5.11 Å². The Bertz CT molecular complexity index is 583. The van der Waals surface area contributed by atoms with Gasteiger partial charge in [-0.25, -0.2) is 0 Å². The van der Waals surface area contributed by atoms with Crippen molar-refractivity contribution in [3.8, 4) is 11.5 Å². The lowest BCUT2D eigenvalue weighted by atomic mass is 9.95. The highest BCUT2D eigenvalue weighted by Crippen LogP contribution is 2.30. The van der Waals surface area contributed by atoms with Crippen LogP contribution in [-0.2, 0) is 0 Å². The third kappa shape index (κ3) is 4.45. The summed E-state index contributed by atoms with van der Waals surface area (Å²) >= 11 is 0. The second kappa shape index (κ2) is 8.53. The molecule has 2 atom stereocenters. The molecule has 0 aliphatic rings. The molecule has 0 bridgehead atoms. The van der Waals surface area contributed by atoms with Crippen molar-refractivity contribution < 1.29 is 19.7 Å². The quantitative estimate of drug-likeness (QED) is 0.695. The molecule has 5 nitrogen and oxygen atoms in total. The summed E-state index contributed by atoms with van der Waals surface area (Å²) in [4.78, 5) is 0. The van der Waals surface area contributed by atoms with Gasteiger partial charge in [0.25, 0.3) is 0 Å². The molecule has 0 amide bonds. The normalized spacial score (nSPS) is 13.4. The number of rotatable bonds is 8. The van der Waals surface area contributed by atoms with Gasteiger partial charge in [-0.15, -0.1) is 0 Å². The molecule has 5 heteroatoms. The lowest BCUT2D eigenvalue weighted by Gasteiger charge is -2.25. The van der Waals surface area contributed by atoms with E-state index >= 15 is 0 Å². The zero-order chi connectivity index (χ0) is 16.7. The van der Waals surface area contributed by atoms with Crippen LogP contribution in [0.2, 0.25) is 0 Å². The van der Waals surface area contributed by atoms with Crippen LogP contribution in [-0.4, -0.2) is 37.6 Å². The van der Waals surface area contributed by atoms with Crippen LogP contribution in [0.3, 0.4) is 0 Å². The van der Waals surface area contributed by atoms with E-state index in [1.165, 1.54) is 0 Å². The number of aliphatic hydroxyl groups excluding tert-OH is 2. The maximum Gasteiger partial charge on any atom is 0.118 e. The first-order valence-electron chi connectivity index (χ1n) is 7.49. The fourth-order valence-corrected chi connectivity index (χ4v) is 2.44. The molecule has 2 rings (SSSR count). The van der Waals surface area contributed by atoms with E-state index in [1.807, 2.05) is 48.5 Å². The zero-order valence-corrected chi connectivity index (χ0v) is 13.4. The van der Waals surface area contributed by atoms with Crippen LogP contribution >= 0.6 is 0 Å². The number of ether oxygens (including phenoxy) is 2. The predicted molar refractivity (Wildman–Crippen MR) is 88.8 cm³/mol. The molecule has 0 unspecified atom stereocenters. The zero-order valence-electron chi connectivity index (χ0n) is 13.4. The van der Waals surface area contributed by atoms with Crippen LogP contribution in [0.1, 0.15) is 23.3 Å². The SMILES string of the molecule is COc1ccc([C@@H](O)[C@@H](NCCO)c2ccc(OC)cc2)cc1. The van der Waals surface area contributed by atoms with E-state index in [1.54, 1.807) is 14.2 Å². The van der Waals surface area contributed by atoms with Crippen LogP contribution in [0.25, 0.3) is 0 Å². The lowest BCUT2D eigenvalue weighted by Crippen LogP contribution is -2.29. The van der Waals surface area contributed by atoms with Gasteiger partial charge in [0.05, 0.1) is 33.0 Å². The first kappa shape index (κ1) is 17.3. The van der Waals surface area contributed by atoms with Crippen LogP contribution in [0.15, 0.2) is 48.5 Å². The smallest absolute Gasteiger partial charge is 0.118 e. The van der Waals surface area contributed by atoms with Crippen molar-refractivity contribution in [3.05, 3.63) is 59.7 Å². The average molecular weight is 317 g/mol. The molecular formula is C18H23NO4. The van der Waals surface area contributed by atoms with Gasteiger partial charge in [-0.05, 0) is 35.4 Å². The summed E-state index contributed by atoms with van der Waals surface area (Å²) in [7, 11) is 3.22. The van der Waals surface area contributed by atoms with E-state index in [0.717, 1.165) is 22.6 Å². The van der Waals surface area contributed by atoms with Crippen molar-refractivity contribution >= 4 is 0 Å². The summed E-state index contributed by atoms with van der Waals surface area (Å²) in [5, 5.41) is 23.0. The van der Waals surface area contributed by atoms with Crippen molar-refractivity contribution in [2.75, 3.05) is 27.4 Å². The summed E-state index contributed by atoms with van der Waals surface area (Å²) in [5.41, 5.74) is 1.69. The summed E-state index contributed by atoms with van der Waals surface area (Å²) in [6.07, 6.45) is -0.749. The van der Waals surface area contributed by atoms with Crippen molar-refractivity contribution in [2.24, 2.45) is 0 Å². The van der Waals surface area contributed by atoms with Gasteiger partial charge >= 0.3 is 0 Å². The second-order valence-electron chi connectivity index (χ2n) is 5.15. The molecule has 2 aromatic carbocycles. The van der Waals surface area contributed by atoms with Gasteiger partial charge in [0.15, 0.2) is 0 Å². The second-order valence-corrected chi connectivity index (χ2v) is 5.15. The van der Waals surface area contributed by atoms with Gasteiger partial charge in [-0.2, -0.15) is 0 Å². The van der Waals surface area contributed by atoms with Crippen LogP contribution < -0.4 is 14.8 Å². The van der Waals surface area contributed by atoms with Crippen molar-refractivity contribution in [2.45, 2.75) is 12.1 Å². The number of methoxy groups -OCH3 is 2. The Morgan fingerprint density at radius 2 is 1.35 bits per heavy atom. The molecule has 0 aromatic heterocycles. The maximum atomic E-state index is 10.7. The van der Waals surface area contributed by atoms with E-state index in [-0.39, 0.29) is 12.6 Å². The van der Waals surface area contributed by atoms with Crippen molar-refractivity contribution in [1.82, 2.24) is 5.32 Å². The third-order valence-electron chi connectivity index (χ3n) is 3.72. The van der Waals surface area contributed by atoms with Gasteiger partial charge in [0.2, 0.25) is 0 Å². The molecule has 3 N–H and O–H groups in total. The number of hydrogen-bond donors (Lipinski definition) is 3. The molecule has 23 heavy (non-hydrogen) atoms. The Balaban J connectivity index is 2.24. The topological polar surface area (TPSA) is 71.0 Å². The Kier molecular flexibility index (Phi) is 6.40. The predicted octanol–water partition coefficient (Wildman–Crippen LogP) is 2.06. The molecule has 0 saturated heterocycles. The molecule has 0 spiro atoms. The molecule has 0 aliphatic carbocycles. The summed E-state index contributed by atoms with van der Waals surface area (Å²) in [6, 6.07) is 14.5. The number of nitrogens with one attached hydrogen (secondary N) is 1. The van der Waals surface area contributed by atoms with Crippen LogP contribution in [0, 0.1) is 0 Å². The molecule has 0 fully saturated rings. The summed E-state index contributed by atoms with van der Waals surface area (Å²) in [6.45, 7) is 0.395. The number of benzene rings is 2. The highest BCUT2D eigenvalue weighted by molar-refractivity contribution is 5.33. The first-order valence-corrected chi connectivity index (χ1v) is 7.49.